The predicted octanol–water partition coefficient (Wildman–Crippen LogP) is 1.73. The van der Waals surface area contributed by atoms with Crippen LogP contribution in [0, 0.1) is 0 Å². The quantitative estimate of drug-likeness (QED) is 0.789. The van der Waals surface area contributed by atoms with Crippen LogP contribution in [0.2, 0.25) is 5.02 Å². The predicted molar refractivity (Wildman–Crippen MR) is 68.6 cm³/mol. The number of amides is 1. The minimum atomic E-state index is -0.260. The summed E-state index contributed by atoms with van der Waals surface area (Å²) in [6, 6.07) is 4.32. The second kappa shape index (κ2) is 6.47. The van der Waals surface area contributed by atoms with Crippen LogP contribution in [0.15, 0.2) is 18.2 Å². The average Bonchev–Trinajstić information content (AvgIpc) is 2.27. The van der Waals surface area contributed by atoms with Crippen molar-refractivity contribution in [2.45, 2.75) is 6.42 Å². The highest BCUT2D eigenvalue weighted by Crippen LogP contribution is 2.20. The molecule has 1 aromatic rings. The van der Waals surface area contributed by atoms with Gasteiger partial charge in [0.1, 0.15) is 5.75 Å². The van der Waals surface area contributed by atoms with Gasteiger partial charge in [-0.15, -0.1) is 0 Å². The number of halogens is 1. The zero-order valence-corrected chi connectivity index (χ0v) is 10.8. The van der Waals surface area contributed by atoms with Gasteiger partial charge in [-0.05, 0) is 45.3 Å². The Kier molecular flexibility index (Phi) is 5.25. The number of rotatable bonds is 5. The smallest absolute Gasteiger partial charge is 0.252 e. The maximum atomic E-state index is 11.7. The first-order chi connectivity index (χ1) is 8.00. The third-order valence-corrected chi connectivity index (χ3v) is 2.59. The highest BCUT2D eigenvalue weighted by Gasteiger charge is 2.10. The molecule has 0 bridgehead atoms. The molecule has 0 radical (unpaired) electrons. The van der Waals surface area contributed by atoms with Gasteiger partial charge in [0.2, 0.25) is 0 Å². The Bertz CT molecular complexity index is 394. The molecule has 1 aromatic carbocycles. The van der Waals surface area contributed by atoms with E-state index < -0.39 is 0 Å². The summed E-state index contributed by atoms with van der Waals surface area (Å²) in [6.45, 7) is 1.50. The molecular weight excluding hydrogens is 240 g/mol. The second-order valence-electron chi connectivity index (χ2n) is 4.08. The number of hydrogen-bond acceptors (Lipinski definition) is 3. The van der Waals surface area contributed by atoms with Gasteiger partial charge >= 0.3 is 0 Å². The Morgan fingerprint density at radius 3 is 2.82 bits per heavy atom. The number of hydrogen-bond donors (Lipinski definition) is 2. The fraction of sp³-hybridized carbons (Fsp3) is 0.417. The third kappa shape index (κ3) is 4.63. The van der Waals surface area contributed by atoms with Crippen molar-refractivity contribution in [2.24, 2.45) is 0 Å². The van der Waals surface area contributed by atoms with Crippen LogP contribution in [0.5, 0.6) is 5.75 Å². The molecule has 0 aromatic heterocycles. The molecule has 17 heavy (non-hydrogen) atoms. The summed E-state index contributed by atoms with van der Waals surface area (Å²) in [4.78, 5) is 13.8. The maximum absolute atomic E-state index is 11.7. The highest BCUT2D eigenvalue weighted by molar-refractivity contribution is 6.33. The van der Waals surface area contributed by atoms with E-state index in [2.05, 4.69) is 5.32 Å². The van der Waals surface area contributed by atoms with E-state index in [-0.39, 0.29) is 11.7 Å². The number of phenolic OH excluding ortho intramolecular Hbond substituents is 1. The van der Waals surface area contributed by atoms with Gasteiger partial charge in [0.25, 0.3) is 5.91 Å². The molecule has 1 rings (SSSR count). The molecule has 0 saturated heterocycles. The largest absolute Gasteiger partial charge is 0.508 e. The van der Waals surface area contributed by atoms with Crippen molar-refractivity contribution in [3.63, 3.8) is 0 Å². The molecule has 0 aliphatic heterocycles. The molecule has 0 atom stereocenters. The van der Waals surface area contributed by atoms with E-state index in [1.807, 2.05) is 19.0 Å². The van der Waals surface area contributed by atoms with Gasteiger partial charge in [-0.2, -0.15) is 0 Å². The van der Waals surface area contributed by atoms with Crippen LogP contribution in [0.25, 0.3) is 0 Å². The summed E-state index contributed by atoms with van der Waals surface area (Å²) in [5, 5.41) is 12.4. The van der Waals surface area contributed by atoms with Crippen molar-refractivity contribution in [2.75, 3.05) is 27.2 Å². The van der Waals surface area contributed by atoms with E-state index in [0.717, 1.165) is 13.0 Å². The fourth-order valence-corrected chi connectivity index (χ4v) is 1.58. The Balaban J connectivity index is 2.49. The van der Waals surface area contributed by atoms with Crippen LogP contribution in [0.4, 0.5) is 0 Å². The van der Waals surface area contributed by atoms with Crippen LogP contribution in [0.1, 0.15) is 16.8 Å². The van der Waals surface area contributed by atoms with Crippen molar-refractivity contribution >= 4 is 17.5 Å². The van der Waals surface area contributed by atoms with Crippen LogP contribution in [-0.2, 0) is 0 Å². The van der Waals surface area contributed by atoms with E-state index >= 15 is 0 Å². The monoisotopic (exact) mass is 256 g/mol. The topological polar surface area (TPSA) is 52.6 Å². The first kappa shape index (κ1) is 13.8. The standard InChI is InChI=1S/C12H17ClN2O2/c1-15(2)7-3-6-14-12(17)10-8-9(16)4-5-11(10)13/h4-5,8,16H,3,6-7H2,1-2H3,(H,14,17). The summed E-state index contributed by atoms with van der Waals surface area (Å²) >= 11 is 5.87. The van der Waals surface area contributed by atoms with E-state index in [1.54, 1.807) is 0 Å². The lowest BCUT2D eigenvalue weighted by molar-refractivity contribution is 0.0952. The van der Waals surface area contributed by atoms with Gasteiger partial charge in [0.15, 0.2) is 0 Å². The number of carbonyl (C=O) groups excluding carboxylic acids is 1. The fourth-order valence-electron chi connectivity index (χ4n) is 1.38. The van der Waals surface area contributed by atoms with Gasteiger partial charge in [-0.1, -0.05) is 11.6 Å². The summed E-state index contributed by atoms with van der Waals surface area (Å²) < 4.78 is 0. The van der Waals surface area contributed by atoms with Crippen LogP contribution in [-0.4, -0.2) is 43.1 Å². The minimum absolute atomic E-state index is 0.0350. The molecule has 0 aliphatic carbocycles. The van der Waals surface area contributed by atoms with Crippen LogP contribution < -0.4 is 5.32 Å². The molecule has 0 spiro atoms. The zero-order chi connectivity index (χ0) is 12.8. The summed E-state index contributed by atoms with van der Waals surface area (Å²) in [5.41, 5.74) is 0.302. The average molecular weight is 257 g/mol. The lowest BCUT2D eigenvalue weighted by Crippen LogP contribution is -2.27. The van der Waals surface area contributed by atoms with Crippen molar-refractivity contribution < 1.29 is 9.90 Å². The molecule has 0 aliphatic rings. The molecule has 2 N–H and O–H groups in total. The van der Waals surface area contributed by atoms with Crippen LogP contribution in [0.3, 0.4) is 0 Å². The molecule has 0 saturated carbocycles. The summed E-state index contributed by atoms with van der Waals surface area (Å²) in [5.74, 6) is -0.225. The van der Waals surface area contributed by atoms with Gasteiger partial charge in [0, 0.05) is 6.54 Å². The molecule has 1 amide bonds. The van der Waals surface area contributed by atoms with Crippen molar-refractivity contribution in [3.8, 4) is 5.75 Å². The summed E-state index contributed by atoms with van der Waals surface area (Å²) in [6.07, 6.45) is 0.870. The number of benzene rings is 1. The van der Waals surface area contributed by atoms with Crippen molar-refractivity contribution in [1.82, 2.24) is 10.2 Å². The second-order valence-corrected chi connectivity index (χ2v) is 4.48. The first-order valence-corrected chi connectivity index (χ1v) is 5.80. The van der Waals surface area contributed by atoms with Crippen LogP contribution >= 0.6 is 11.6 Å². The SMILES string of the molecule is CN(C)CCCNC(=O)c1cc(O)ccc1Cl. The lowest BCUT2D eigenvalue weighted by atomic mass is 10.2. The molecule has 0 unspecified atom stereocenters. The van der Waals surface area contributed by atoms with Crippen molar-refractivity contribution in [3.05, 3.63) is 28.8 Å². The molecule has 4 nitrogen and oxygen atoms in total. The Morgan fingerprint density at radius 1 is 1.47 bits per heavy atom. The maximum Gasteiger partial charge on any atom is 0.252 e. The third-order valence-electron chi connectivity index (χ3n) is 2.26. The van der Waals surface area contributed by atoms with E-state index in [1.165, 1.54) is 18.2 Å². The Labute approximate surface area is 106 Å². The van der Waals surface area contributed by atoms with Crippen molar-refractivity contribution in [1.29, 1.82) is 0 Å². The normalized spacial score (nSPS) is 10.6. The molecule has 5 heteroatoms. The van der Waals surface area contributed by atoms with Gasteiger partial charge in [-0.3, -0.25) is 4.79 Å². The zero-order valence-electron chi connectivity index (χ0n) is 10.0. The Hall–Kier alpha value is -1.26. The number of aromatic hydroxyl groups is 1. The number of nitrogens with zero attached hydrogens (tertiary/aromatic N) is 1. The molecule has 0 fully saturated rings. The summed E-state index contributed by atoms with van der Waals surface area (Å²) in [7, 11) is 3.96. The number of carbonyl (C=O) groups is 1. The van der Waals surface area contributed by atoms with E-state index in [4.69, 9.17) is 11.6 Å². The van der Waals surface area contributed by atoms with Gasteiger partial charge < -0.3 is 15.3 Å². The Morgan fingerprint density at radius 2 is 2.18 bits per heavy atom. The van der Waals surface area contributed by atoms with E-state index in [9.17, 15) is 9.90 Å². The highest BCUT2D eigenvalue weighted by atomic mass is 35.5. The minimum Gasteiger partial charge on any atom is -0.508 e. The molecule has 0 heterocycles. The number of phenols is 1. The van der Waals surface area contributed by atoms with E-state index in [0.29, 0.717) is 17.1 Å². The van der Waals surface area contributed by atoms with Gasteiger partial charge in [-0.25, -0.2) is 0 Å². The lowest BCUT2D eigenvalue weighted by Gasteiger charge is -2.10. The molecule has 94 valence electrons. The number of nitrogens with one attached hydrogen (secondary N) is 1. The van der Waals surface area contributed by atoms with Gasteiger partial charge in [0.05, 0.1) is 10.6 Å². The molecular formula is C12H17ClN2O2. The first-order valence-electron chi connectivity index (χ1n) is 5.42.